The molecular weight excluding hydrogens is 384 g/mol. The van der Waals surface area contributed by atoms with Gasteiger partial charge in [-0.3, -0.25) is 4.79 Å². The van der Waals surface area contributed by atoms with E-state index in [0.29, 0.717) is 11.0 Å². The quantitative estimate of drug-likeness (QED) is 0.786. The smallest absolute Gasteiger partial charge is 0.203 e. The maximum atomic E-state index is 13.4. The van der Waals surface area contributed by atoms with Crippen LogP contribution in [-0.4, -0.2) is 22.0 Å². The minimum atomic E-state index is -1.21. The molecule has 29 heavy (non-hydrogen) atoms. The van der Waals surface area contributed by atoms with Gasteiger partial charge in [-0.2, -0.15) is 0 Å². The molecule has 2 aromatic rings. The number of benzene rings is 1. The van der Waals surface area contributed by atoms with Crippen LogP contribution >= 0.6 is 0 Å². The average molecular weight is 417 g/mol. The summed E-state index contributed by atoms with van der Waals surface area (Å²) in [4.78, 5) is 15.6. The minimum Gasteiger partial charge on any atom is -0.440 e. The van der Waals surface area contributed by atoms with Crippen molar-refractivity contribution >= 4 is 27.8 Å². The monoisotopic (exact) mass is 416 g/mol. The number of nitrogens with zero attached hydrogens (tertiary/aromatic N) is 1. The summed E-state index contributed by atoms with van der Waals surface area (Å²) in [6.07, 6.45) is 4.32. The molecule has 0 bridgehead atoms. The third kappa shape index (κ3) is 4.15. The van der Waals surface area contributed by atoms with Crippen LogP contribution in [0.2, 0.25) is 0 Å². The van der Waals surface area contributed by atoms with Gasteiger partial charge in [0.25, 0.3) is 0 Å². The van der Waals surface area contributed by atoms with Crippen molar-refractivity contribution in [2.75, 3.05) is 18.0 Å². The maximum Gasteiger partial charge on any atom is 0.203 e. The van der Waals surface area contributed by atoms with E-state index in [2.05, 4.69) is 9.62 Å². The first kappa shape index (κ1) is 20.6. The lowest BCUT2D eigenvalue weighted by Gasteiger charge is -2.30. The van der Waals surface area contributed by atoms with Crippen LogP contribution in [0, 0.1) is 12.8 Å². The second-order valence-electron chi connectivity index (χ2n) is 9.66. The summed E-state index contributed by atoms with van der Waals surface area (Å²) in [6, 6.07) is 3.78. The average Bonchev–Trinajstić information content (AvgIpc) is 3.46. The zero-order valence-electron chi connectivity index (χ0n) is 18.1. The molecule has 5 nitrogen and oxygen atoms in total. The van der Waals surface area contributed by atoms with Gasteiger partial charge >= 0.3 is 0 Å². The number of hydrogen-bond donors (Lipinski definition) is 1. The first-order chi connectivity index (χ1) is 13.6. The van der Waals surface area contributed by atoms with E-state index in [9.17, 15) is 9.00 Å². The molecule has 1 aromatic heterocycles. The minimum absolute atomic E-state index is 0.0934. The summed E-state index contributed by atoms with van der Waals surface area (Å²) in [6.45, 7) is 11.7. The molecule has 158 valence electrons. The van der Waals surface area contributed by atoms with E-state index in [1.54, 1.807) is 0 Å². The van der Waals surface area contributed by atoms with Crippen molar-refractivity contribution in [2.45, 2.75) is 71.1 Å². The molecule has 1 aliphatic heterocycles. The van der Waals surface area contributed by atoms with Crippen LogP contribution in [0.15, 0.2) is 21.3 Å². The Hall–Kier alpha value is -1.66. The SMILES string of the molecule is Cc1cc([C@@H](C)N[S@](=O)C(C)(C)C)c2oc3c(c(=O)c2c1)CCCN3CC1CC1. The van der Waals surface area contributed by atoms with Crippen LogP contribution in [0.4, 0.5) is 5.88 Å². The fourth-order valence-corrected chi connectivity index (χ4v) is 4.84. The van der Waals surface area contributed by atoms with Gasteiger partial charge in [0.15, 0.2) is 5.43 Å². The summed E-state index contributed by atoms with van der Waals surface area (Å²) in [5.74, 6) is 1.49. The van der Waals surface area contributed by atoms with Gasteiger partial charge in [-0.05, 0) is 77.8 Å². The van der Waals surface area contributed by atoms with Gasteiger partial charge < -0.3 is 9.32 Å². The molecule has 2 atom stereocenters. The molecule has 6 heteroatoms. The Bertz CT molecular complexity index is 1020. The number of nitrogens with one attached hydrogen (secondary N) is 1. The summed E-state index contributed by atoms with van der Waals surface area (Å²) < 4.78 is 22.0. The second-order valence-corrected chi connectivity index (χ2v) is 11.7. The lowest BCUT2D eigenvalue weighted by molar-refractivity contribution is 0.518. The van der Waals surface area contributed by atoms with E-state index in [-0.39, 0.29) is 16.2 Å². The molecule has 0 amide bonds. The van der Waals surface area contributed by atoms with Crippen molar-refractivity contribution in [3.63, 3.8) is 0 Å². The highest BCUT2D eigenvalue weighted by Gasteiger charge is 2.31. The van der Waals surface area contributed by atoms with Crippen molar-refractivity contribution in [2.24, 2.45) is 5.92 Å². The maximum absolute atomic E-state index is 13.4. The van der Waals surface area contributed by atoms with Crippen LogP contribution in [0.3, 0.4) is 0 Å². The Labute approximate surface area is 175 Å². The normalized spacial score (nSPS) is 19.3. The zero-order valence-corrected chi connectivity index (χ0v) is 18.9. The van der Waals surface area contributed by atoms with Gasteiger partial charge in [-0.15, -0.1) is 0 Å². The van der Waals surface area contributed by atoms with Gasteiger partial charge in [0.1, 0.15) is 5.58 Å². The van der Waals surface area contributed by atoms with Crippen LogP contribution in [0.1, 0.15) is 69.7 Å². The van der Waals surface area contributed by atoms with E-state index in [0.717, 1.165) is 54.4 Å². The molecule has 4 rings (SSSR count). The molecule has 1 aliphatic carbocycles. The van der Waals surface area contributed by atoms with Crippen LogP contribution in [0.5, 0.6) is 0 Å². The molecule has 1 fully saturated rings. The summed E-state index contributed by atoms with van der Waals surface area (Å²) >= 11 is 0. The Morgan fingerprint density at radius 1 is 1.31 bits per heavy atom. The van der Waals surface area contributed by atoms with Crippen molar-refractivity contribution in [3.05, 3.63) is 39.0 Å². The Kier molecular flexibility index (Phi) is 5.36. The van der Waals surface area contributed by atoms with Crippen molar-refractivity contribution in [1.29, 1.82) is 0 Å². The van der Waals surface area contributed by atoms with Gasteiger partial charge in [0.05, 0.1) is 26.7 Å². The third-order valence-electron chi connectivity index (χ3n) is 5.86. The van der Waals surface area contributed by atoms with Gasteiger partial charge in [-0.1, -0.05) is 6.07 Å². The number of anilines is 1. The number of aryl methyl sites for hydroxylation is 1. The highest BCUT2D eigenvalue weighted by molar-refractivity contribution is 7.84. The lowest BCUT2D eigenvalue weighted by atomic mass is 9.98. The molecule has 1 N–H and O–H groups in total. The van der Waals surface area contributed by atoms with Crippen molar-refractivity contribution in [3.8, 4) is 0 Å². The highest BCUT2D eigenvalue weighted by Crippen LogP contribution is 2.36. The molecule has 0 saturated heterocycles. The Morgan fingerprint density at radius 2 is 2.03 bits per heavy atom. The molecule has 1 aromatic carbocycles. The Balaban J connectivity index is 1.82. The van der Waals surface area contributed by atoms with E-state index >= 15 is 0 Å². The molecule has 0 spiro atoms. The van der Waals surface area contributed by atoms with Crippen LogP contribution in [0.25, 0.3) is 11.0 Å². The van der Waals surface area contributed by atoms with E-state index < -0.39 is 11.0 Å². The van der Waals surface area contributed by atoms with Gasteiger partial charge in [0, 0.05) is 24.7 Å². The Morgan fingerprint density at radius 3 is 2.69 bits per heavy atom. The zero-order chi connectivity index (χ0) is 20.9. The van der Waals surface area contributed by atoms with E-state index in [1.807, 2.05) is 46.8 Å². The predicted octanol–water partition coefficient (Wildman–Crippen LogP) is 4.38. The molecular formula is C23H32N2O3S. The largest absolute Gasteiger partial charge is 0.440 e. The molecule has 0 radical (unpaired) electrons. The molecule has 2 heterocycles. The predicted molar refractivity (Wildman–Crippen MR) is 120 cm³/mol. The lowest BCUT2D eigenvalue weighted by Crippen LogP contribution is -2.35. The van der Waals surface area contributed by atoms with Crippen molar-refractivity contribution in [1.82, 2.24) is 4.72 Å². The van der Waals surface area contributed by atoms with E-state index in [1.165, 1.54) is 12.8 Å². The molecule has 2 aliphatic rings. The molecule has 1 saturated carbocycles. The second kappa shape index (κ2) is 7.55. The topological polar surface area (TPSA) is 62.6 Å². The highest BCUT2D eigenvalue weighted by atomic mass is 32.2. The summed E-state index contributed by atoms with van der Waals surface area (Å²) in [5.41, 5.74) is 3.46. The fourth-order valence-electron chi connectivity index (χ4n) is 4.03. The van der Waals surface area contributed by atoms with Gasteiger partial charge in [0.2, 0.25) is 5.88 Å². The summed E-state index contributed by atoms with van der Waals surface area (Å²) in [5, 5.41) is 0.641. The fraction of sp³-hybridized carbons (Fsp3) is 0.609. The van der Waals surface area contributed by atoms with Crippen LogP contribution < -0.4 is 15.1 Å². The van der Waals surface area contributed by atoms with Crippen LogP contribution in [-0.2, 0) is 17.4 Å². The van der Waals surface area contributed by atoms with Crippen molar-refractivity contribution < 1.29 is 8.63 Å². The van der Waals surface area contributed by atoms with E-state index in [4.69, 9.17) is 4.42 Å². The summed E-state index contributed by atoms with van der Waals surface area (Å²) in [7, 11) is -1.21. The number of rotatable bonds is 5. The van der Waals surface area contributed by atoms with Gasteiger partial charge in [-0.25, -0.2) is 8.93 Å². The standard InChI is InChI=1S/C23H32N2O3S/c1-14-11-18(15(2)24-29(27)23(3,4)5)21-19(12-14)20(26)17-7-6-10-25(22(17)28-21)13-16-8-9-16/h11-12,15-16,24H,6-10,13H2,1-5H3/t15-,29-/m1/s1. The molecule has 0 unspecified atom stereocenters. The number of hydrogen-bond acceptors (Lipinski definition) is 4. The first-order valence-corrected chi connectivity index (χ1v) is 11.8. The third-order valence-corrected chi connectivity index (χ3v) is 7.54. The number of fused-ring (bicyclic) bond motifs is 2. The first-order valence-electron chi connectivity index (χ1n) is 10.7.